The quantitative estimate of drug-likeness (QED) is 0.588. The van der Waals surface area contributed by atoms with Crippen LogP contribution < -0.4 is 0 Å². The molecule has 3 nitrogen and oxygen atoms in total. The second-order valence-electron chi connectivity index (χ2n) is 2.86. The van der Waals surface area contributed by atoms with Crippen LogP contribution in [0.5, 0.6) is 0 Å². The summed E-state index contributed by atoms with van der Waals surface area (Å²) in [4.78, 5) is 10.1. The van der Waals surface area contributed by atoms with Gasteiger partial charge in [-0.3, -0.25) is 4.79 Å². The average molecular weight is 162 g/mol. The standard InChI is InChI=1S/C6H14O3Si/c1-6(2,9-10)4-3-5(7)8/h3-4H2,1-2,10H3,(H,7,8). The molecule has 0 radical (unpaired) electrons. The van der Waals surface area contributed by atoms with E-state index in [1.807, 2.05) is 13.8 Å². The van der Waals surface area contributed by atoms with Crippen LogP contribution in [0.25, 0.3) is 0 Å². The lowest BCUT2D eigenvalue weighted by Gasteiger charge is -2.22. The van der Waals surface area contributed by atoms with Crippen molar-refractivity contribution in [3.63, 3.8) is 0 Å². The molecule has 4 heteroatoms. The van der Waals surface area contributed by atoms with Gasteiger partial charge in [-0.2, -0.15) is 0 Å². The van der Waals surface area contributed by atoms with E-state index in [1.165, 1.54) is 0 Å². The zero-order valence-corrected chi connectivity index (χ0v) is 8.68. The highest BCUT2D eigenvalue weighted by Gasteiger charge is 2.16. The van der Waals surface area contributed by atoms with Crippen molar-refractivity contribution in [3.8, 4) is 0 Å². The first kappa shape index (κ1) is 9.65. The number of aliphatic carboxylic acids is 1. The Morgan fingerprint density at radius 3 is 2.50 bits per heavy atom. The highest BCUT2D eigenvalue weighted by molar-refractivity contribution is 5.98. The van der Waals surface area contributed by atoms with Crippen LogP contribution in [0, 0.1) is 0 Å². The van der Waals surface area contributed by atoms with E-state index in [-0.39, 0.29) is 12.0 Å². The van der Waals surface area contributed by atoms with Crippen molar-refractivity contribution in [1.82, 2.24) is 0 Å². The molecule has 0 heterocycles. The fourth-order valence-electron chi connectivity index (χ4n) is 0.510. The molecule has 0 aliphatic heterocycles. The molecule has 0 amide bonds. The van der Waals surface area contributed by atoms with Crippen molar-refractivity contribution in [2.75, 3.05) is 0 Å². The second kappa shape index (κ2) is 3.73. The number of rotatable bonds is 4. The van der Waals surface area contributed by atoms with Crippen LogP contribution in [0.3, 0.4) is 0 Å². The summed E-state index contributed by atoms with van der Waals surface area (Å²) in [6, 6.07) is 0. The molecule has 0 aromatic carbocycles. The molecule has 60 valence electrons. The third-order valence-electron chi connectivity index (χ3n) is 1.49. The Hall–Kier alpha value is -0.353. The van der Waals surface area contributed by atoms with Gasteiger partial charge in [0.2, 0.25) is 0 Å². The predicted octanol–water partition coefficient (Wildman–Crippen LogP) is -0.0732. The SMILES string of the molecule is CC(C)(CCC(=O)O)O[SiH3]. The minimum absolute atomic E-state index is 0.190. The van der Waals surface area contributed by atoms with Gasteiger partial charge in [-0.15, -0.1) is 0 Å². The van der Waals surface area contributed by atoms with E-state index in [0.717, 1.165) is 0 Å². The van der Waals surface area contributed by atoms with Crippen LogP contribution in [-0.4, -0.2) is 27.2 Å². The minimum Gasteiger partial charge on any atom is -0.481 e. The van der Waals surface area contributed by atoms with Gasteiger partial charge in [-0.1, -0.05) is 0 Å². The Morgan fingerprint density at radius 1 is 1.70 bits per heavy atom. The van der Waals surface area contributed by atoms with Gasteiger partial charge in [0.15, 0.2) is 0 Å². The first-order valence-electron chi connectivity index (χ1n) is 3.25. The summed E-state index contributed by atoms with van der Waals surface area (Å²) < 4.78 is 5.16. The maximum absolute atomic E-state index is 10.1. The predicted molar refractivity (Wildman–Crippen MR) is 42.0 cm³/mol. The van der Waals surface area contributed by atoms with Gasteiger partial charge in [-0.25, -0.2) is 0 Å². The topological polar surface area (TPSA) is 46.5 Å². The summed E-state index contributed by atoms with van der Waals surface area (Å²) in [5, 5.41) is 8.33. The van der Waals surface area contributed by atoms with E-state index in [1.54, 1.807) is 0 Å². The Morgan fingerprint density at radius 2 is 2.20 bits per heavy atom. The smallest absolute Gasteiger partial charge is 0.303 e. The van der Waals surface area contributed by atoms with Crippen molar-refractivity contribution < 1.29 is 14.3 Å². The van der Waals surface area contributed by atoms with E-state index in [2.05, 4.69) is 0 Å². The molecule has 0 unspecified atom stereocenters. The number of carboxylic acid groups (broad SMARTS) is 1. The van der Waals surface area contributed by atoms with Gasteiger partial charge in [0.05, 0.1) is 0 Å². The molecule has 0 aliphatic carbocycles. The molecule has 0 rings (SSSR count). The highest BCUT2D eigenvalue weighted by Crippen LogP contribution is 2.14. The maximum atomic E-state index is 10.1. The molecule has 0 fully saturated rings. The summed E-state index contributed by atoms with van der Waals surface area (Å²) in [5.74, 6) is -0.758. The zero-order chi connectivity index (χ0) is 8.20. The largest absolute Gasteiger partial charge is 0.481 e. The molecule has 0 saturated heterocycles. The summed E-state index contributed by atoms with van der Waals surface area (Å²) in [6.07, 6.45) is 0.779. The van der Waals surface area contributed by atoms with Crippen LogP contribution in [0.2, 0.25) is 0 Å². The van der Waals surface area contributed by atoms with Crippen molar-refractivity contribution in [2.24, 2.45) is 0 Å². The third kappa shape index (κ3) is 4.52. The minimum atomic E-state index is -0.758. The average Bonchev–Trinajstić information content (AvgIpc) is 1.85. The Labute approximate surface area is 63.9 Å². The molecular weight excluding hydrogens is 148 g/mol. The highest BCUT2D eigenvalue weighted by atomic mass is 28.2. The van der Waals surface area contributed by atoms with Gasteiger partial charge >= 0.3 is 5.97 Å². The van der Waals surface area contributed by atoms with Crippen LogP contribution >= 0.6 is 0 Å². The molecule has 0 aromatic heterocycles. The van der Waals surface area contributed by atoms with Crippen molar-refractivity contribution >= 4 is 16.5 Å². The zero-order valence-electron chi connectivity index (χ0n) is 6.68. The van der Waals surface area contributed by atoms with Gasteiger partial charge in [0, 0.05) is 12.0 Å². The van der Waals surface area contributed by atoms with Crippen LogP contribution in [0.4, 0.5) is 0 Å². The second-order valence-corrected chi connectivity index (χ2v) is 3.27. The monoisotopic (exact) mass is 162 g/mol. The maximum Gasteiger partial charge on any atom is 0.303 e. The molecule has 0 aromatic rings. The van der Waals surface area contributed by atoms with E-state index in [9.17, 15) is 4.79 Å². The molecule has 0 atom stereocenters. The third-order valence-corrected chi connectivity index (χ3v) is 2.60. The molecule has 10 heavy (non-hydrogen) atoms. The summed E-state index contributed by atoms with van der Waals surface area (Å²) in [5.41, 5.74) is -0.245. The number of hydrogen-bond donors (Lipinski definition) is 1. The molecule has 1 N–H and O–H groups in total. The molecule has 0 spiro atoms. The normalized spacial score (nSPS) is 11.8. The van der Waals surface area contributed by atoms with E-state index in [4.69, 9.17) is 9.53 Å². The van der Waals surface area contributed by atoms with Crippen LogP contribution in [0.15, 0.2) is 0 Å². The van der Waals surface area contributed by atoms with E-state index < -0.39 is 5.97 Å². The van der Waals surface area contributed by atoms with Gasteiger partial charge < -0.3 is 9.53 Å². The number of carboxylic acids is 1. The van der Waals surface area contributed by atoms with Crippen molar-refractivity contribution in [1.29, 1.82) is 0 Å². The van der Waals surface area contributed by atoms with Gasteiger partial charge in [0.25, 0.3) is 0 Å². The lowest BCUT2D eigenvalue weighted by Crippen LogP contribution is -2.23. The van der Waals surface area contributed by atoms with E-state index >= 15 is 0 Å². The number of carbonyl (C=O) groups is 1. The molecule has 0 aliphatic rings. The number of hydrogen-bond acceptors (Lipinski definition) is 2. The summed E-state index contributed by atoms with van der Waals surface area (Å²) >= 11 is 0. The lowest BCUT2D eigenvalue weighted by atomic mass is 10.0. The first-order chi connectivity index (χ1) is 4.48. The van der Waals surface area contributed by atoms with Crippen LogP contribution in [-0.2, 0) is 9.22 Å². The Balaban J connectivity index is 3.56. The summed E-state index contributed by atoms with van der Waals surface area (Å²) in [7, 11) is 0.664. The van der Waals surface area contributed by atoms with Crippen molar-refractivity contribution in [3.05, 3.63) is 0 Å². The Kier molecular flexibility index (Phi) is 3.60. The lowest BCUT2D eigenvalue weighted by molar-refractivity contribution is -0.138. The van der Waals surface area contributed by atoms with E-state index in [0.29, 0.717) is 16.9 Å². The fraction of sp³-hybridized carbons (Fsp3) is 0.833. The summed E-state index contributed by atoms with van der Waals surface area (Å²) in [6.45, 7) is 3.81. The molecular formula is C6H14O3Si. The van der Waals surface area contributed by atoms with Gasteiger partial charge in [0.1, 0.15) is 10.5 Å². The van der Waals surface area contributed by atoms with Crippen LogP contribution in [0.1, 0.15) is 26.7 Å². The molecule has 0 bridgehead atoms. The molecule has 0 saturated carbocycles. The van der Waals surface area contributed by atoms with Gasteiger partial charge in [-0.05, 0) is 20.3 Å². The fourth-order valence-corrected chi connectivity index (χ4v) is 0.714. The first-order valence-corrected chi connectivity index (χ1v) is 4.06. The van der Waals surface area contributed by atoms with Crippen molar-refractivity contribution in [2.45, 2.75) is 32.3 Å². The Bertz CT molecular complexity index is 122.